The molecule has 7 aromatic rings. The molecule has 0 bridgehead atoms. The summed E-state index contributed by atoms with van der Waals surface area (Å²) >= 11 is 0. The first kappa shape index (κ1) is 23.5. The van der Waals surface area contributed by atoms with E-state index in [0.717, 1.165) is 60.6 Å². The third kappa shape index (κ3) is 3.94. The lowest BCUT2D eigenvalue weighted by Crippen LogP contribution is -2.17. The Morgan fingerprint density at radius 1 is 0.537 bits per heavy atom. The van der Waals surface area contributed by atoms with Crippen molar-refractivity contribution >= 4 is 44.3 Å². The molecule has 1 atom stereocenters. The molecule has 5 aromatic carbocycles. The van der Waals surface area contributed by atoms with Gasteiger partial charge in [0.15, 0.2) is 5.78 Å². The zero-order chi connectivity index (χ0) is 27.3. The van der Waals surface area contributed by atoms with Gasteiger partial charge in [-0.1, -0.05) is 103 Å². The third-order valence-corrected chi connectivity index (χ3v) is 8.17. The van der Waals surface area contributed by atoms with Gasteiger partial charge >= 0.3 is 0 Å². The maximum Gasteiger partial charge on any atom is 0.176 e. The Balaban J connectivity index is 1.17. The summed E-state index contributed by atoms with van der Waals surface area (Å²) in [5.74, 6) is -0.255. The van der Waals surface area contributed by atoms with Crippen LogP contribution in [0.15, 0.2) is 134 Å². The lowest BCUT2D eigenvalue weighted by Gasteiger charge is -2.20. The zero-order valence-electron chi connectivity index (χ0n) is 22.2. The van der Waals surface area contributed by atoms with Crippen molar-refractivity contribution in [1.82, 2.24) is 9.97 Å². The molecule has 0 aliphatic heterocycles. The minimum Gasteiger partial charge on any atom is -0.293 e. The van der Waals surface area contributed by atoms with Gasteiger partial charge in [0.05, 0.1) is 22.7 Å². The van der Waals surface area contributed by atoms with Crippen LogP contribution in [0.3, 0.4) is 0 Å². The van der Waals surface area contributed by atoms with E-state index >= 15 is 0 Å². The van der Waals surface area contributed by atoms with Crippen LogP contribution in [-0.4, -0.2) is 15.8 Å². The summed E-state index contributed by atoms with van der Waals surface area (Å²) < 4.78 is 0. The molecule has 41 heavy (non-hydrogen) atoms. The number of aromatic nitrogens is 2. The molecule has 0 radical (unpaired) electrons. The Labute approximate surface area is 237 Å². The average molecular weight is 525 g/mol. The highest BCUT2D eigenvalue weighted by molar-refractivity contribution is 6.15. The minimum atomic E-state index is -0.348. The Kier molecular flexibility index (Phi) is 5.36. The van der Waals surface area contributed by atoms with Crippen molar-refractivity contribution in [2.75, 3.05) is 0 Å². The van der Waals surface area contributed by atoms with E-state index < -0.39 is 0 Å². The van der Waals surface area contributed by atoms with E-state index in [1.54, 1.807) is 0 Å². The van der Waals surface area contributed by atoms with Crippen LogP contribution in [0, 0.1) is 0 Å². The second kappa shape index (κ2) is 9.35. The molecule has 1 unspecified atom stereocenters. The number of ketones is 1. The van der Waals surface area contributed by atoms with Gasteiger partial charge in [0.1, 0.15) is 0 Å². The number of allylic oxidation sites excluding steroid dienone is 1. The molecule has 0 amide bonds. The van der Waals surface area contributed by atoms with Crippen LogP contribution in [0.2, 0.25) is 0 Å². The zero-order valence-corrected chi connectivity index (χ0v) is 22.2. The van der Waals surface area contributed by atoms with E-state index in [1.807, 2.05) is 67.0 Å². The van der Waals surface area contributed by atoms with Crippen molar-refractivity contribution in [3.05, 3.63) is 151 Å². The van der Waals surface area contributed by atoms with E-state index in [2.05, 4.69) is 82.8 Å². The van der Waals surface area contributed by atoms with Gasteiger partial charge in [-0.3, -0.25) is 14.8 Å². The Morgan fingerprint density at radius 3 is 2.02 bits per heavy atom. The SMILES string of the molecule is O=C1c2c(ncc3ccccc23)C=CC1c1cccc(-c2cccc(-c3ccc4ncc5ccccc5c4c3)c2)c1. The van der Waals surface area contributed by atoms with E-state index in [9.17, 15) is 4.79 Å². The second-order valence-electron chi connectivity index (χ2n) is 10.6. The maximum atomic E-state index is 13.8. The molecule has 1 aliphatic carbocycles. The molecule has 2 heterocycles. The summed E-state index contributed by atoms with van der Waals surface area (Å²) in [6.45, 7) is 0. The largest absolute Gasteiger partial charge is 0.293 e. The topological polar surface area (TPSA) is 42.9 Å². The lowest BCUT2D eigenvalue weighted by molar-refractivity contribution is 0.0976. The second-order valence-corrected chi connectivity index (χ2v) is 10.6. The van der Waals surface area contributed by atoms with Crippen molar-refractivity contribution < 1.29 is 4.79 Å². The molecule has 2 aromatic heterocycles. The molecular weight excluding hydrogens is 500 g/mol. The molecule has 192 valence electrons. The Bertz CT molecular complexity index is 2190. The van der Waals surface area contributed by atoms with Gasteiger partial charge in [0.2, 0.25) is 0 Å². The number of fused-ring (bicyclic) bond motifs is 6. The van der Waals surface area contributed by atoms with Gasteiger partial charge in [0.25, 0.3) is 0 Å². The molecular formula is C38H24N2O. The highest BCUT2D eigenvalue weighted by Crippen LogP contribution is 2.36. The molecule has 0 saturated heterocycles. The molecule has 1 aliphatic rings. The molecule has 3 heteroatoms. The summed E-state index contributed by atoms with van der Waals surface area (Å²) in [5.41, 5.74) is 7.91. The number of hydrogen-bond acceptors (Lipinski definition) is 3. The van der Waals surface area contributed by atoms with Gasteiger partial charge in [-0.25, -0.2) is 0 Å². The fourth-order valence-corrected chi connectivity index (χ4v) is 6.08. The molecule has 0 N–H and O–H groups in total. The van der Waals surface area contributed by atoms with Crippen LogP contribution in [0.25, 0.3) is 60.8 Å². The minimum absolute atomic E-state index is 0.0923. The highest BCUT2D eigenvalue weighted by Gasteiger charge is 2.27. The quantitative estimate of drug-likeness (QED) is 0.216. The number of carbonyl (C=O) groups excluding carboxylic acids is 1. The van der Waals surface area contributed by atoms with Gasteiger partial charge < -0.3 is 0 Å². The fourth-order valence-electron chi connectivity index (χ4n) is 6.08. The predicted molar refractivity (Wildman–Crippen MR) is 168 cm³/mol. The summed E-state index contributed by atoms with van der Waals surface area (Å²) in [5, 5.41) is 5.44. The Morgan fingerprint density at radius 2 is 1.20 bits per heavy atom. The van der Waals surface area contributed by atoms with E-state index in [0.29, 0.717) is 5.56 Å². The van der Waals surface area contributed by atoms with E-state index in [1.165, 1.54) is 5.39 Å². The van der Waals surface area contributed by atoms with Gasteiger partial charge in [-0.2, -0.15) is 0 Å². The van der Waals surface area contributed by atoms with Crippen molar-refractivity contribution in [2.24, 2.45) is 0 Å². The van der Waals surface area contributed by atoms with E-state index in [-0.39, 0.29) is 11.7 Å². The number of benzene rings is 5. The van der Waals surface area contributed by atoms with Crippen molar-refractivity contribution in [2.45, 2.75) is 5.92 Å². The van der Waals surface area contributed by atoms with Gasteiger partial charge in [0, 0.05) is 28.6 Å². The van der Waals surface area contributed by atoms with E-state index in [4.69, 9.17) is 0 Å². The smallest absolute Gasteiger partial charge is 0.176 e. The summed E-state index contributed by atoms with van der Waals surface area (Å²) in [6, 6.07) is 39.8. The first-order chi connectivity index (χ1) is 20.2. The molecule has 0 saturated carbocycles. The maximum absolute atomic E-state index is 13.8. The highest BCUT2D eigenvalue weighted by atomic mass is 16.1. The van der Waals surface area contributed by atoms with Crippen LogP contribution in [0.1, 0.15) is 27.5 Å². The number of carbonyl (C=O) groups is 1. The standard InChI is InChI=1S/C38H24N2O/c41-38-33(16-18-36-37(38)32-14-4-2-8-30(32)23-40-36)28-12-6-11-26(20-28)24-9-5-10-25(19-24)27-15-17-35-34(21-27)31-13-3-1-7-29(31)22-39-35/h1-23,33H. The summed E-state index contributed by atoms with van der Waals surface area (Å²) in [6.07, 6.45) is 7.75. The average Bonchev–Trinajstić information content (AvgIpc) is 3.04. The molecule has 8 rings (SSSR count). The number of pyridine rings is 2. The first-order valence-electron chi connectivity index (χ1n) is 13.8. The van der Waals surface area contributed by atoms with Crippen molar-refractivity contribution in [3.8, 4) is 22.3 Å². The van der Waals surface area contributed by atoms with Crippen LogP contribution in [0.5, 0.6) is 0 Å². The van der Waals surface area contributed by atoms with Crippen LogP contribution < -0.4 is 0 Å². The van der Waals surface area contributed by atoms with Crippen LogP contribution in [0.4, 0.5) is 0 Å². The third-order valence-electron chi connectivity index (χ3n) is 8.17. The summed E-state index contributed by atoms with van der Waals surface area (Å²) in [4.78, 5) is 23.0. The lowest BCUT2D eigenvalue weighted by atomic mass is 9.83. The predicted octanol–water partition coefficient (Wildman–Crippen LogP) is 9.26. The number of Topliss-reactive ketones (excluding diaryl/α,β-unsaturated/α-hetero) is 1. The fraction of sp³-hybridized carbons (Fsp3) is 0.0263. The molecule has 0 fully saturated rings. The number of nitrogens with zero attached hydrogens (tertiary/aromatic N) is 2. The van der Waals surface area contributed by atoms with Crippen LogP contribution in [-0.2, 0) is 0 Å². The number of hydrogen-bond donors (Lipinski definition) is 0. The summed E-state index contributed by atoms with van der Waals surface area (Å²) in [7, 11) is 0. The van der Waals surface area contributed by atoms with Crippen molar-refractivity contribution in [3.63, 3.8) is 0 Å². The van der Waals surface area contributed by atoms with Crippen molar-refractivity contribution in [1.29, 1.82) is 0 Å². The van der Waals surface area contributed by atoms with Gasteiger partial charge in [-0.05, 0) is 62.9 Å². The Hall–Kier alpha value is -5.41. The number of rotatable bonds is 3. The van der Waals surface area contributed by atoms with Crippen LogP contribution >= 0.6 is 0 Å². The first-order valence-corrected chi connectivity index (χ1v) is 13.8. The normalized spacial score (nSPS) is 14.5. The molecule has 0 spiro atoms. The van der Waals surface area contributed by atoms with Gasteiger partial charge in [-0.15, -0.1) is 0 Å². The monoisotopic (exact) mass is 524 g/mol. The molecule has 3 nitrogen and oxygen atoms in total.